The first-order valence-electron chi connectivity index (χ1n) is 5.29. The van der Waals surface area contributed by atoms with Gasteiger partial charge in [-0.3, -0.25) is 0 Å². The Morgan fingerprint density at radius 1 is 1.26 bits per heavy atom. The standard InChI is InChI=1S/C12H6ClN5S/c13-8-2-1-7(4-14)9(3-8)19-12-10-11(16-5-15-10)17-6-18-12/h1-3,5-6H,(H,15,16,17,18). The Kier molecular flexibility index (Phi) is 3.07. The highest BCUT2D eigenvalue weighted by Gasteiger charge is 2.11. The summed E-state index contributed by atoms with van der Waals surface area (Å²) in [5.41, 5.74) is 1.90. The van der Waals surface area contributed by atoms with Crippen LogP contribution in [0.15, 0.2) is 40.8 Å². The normalized spacial score (nSPS) is 10.5. The largest absolute Gasteiger partial charge is 0.341 e. The second-order valence-electron chi connectivity index (χ2n) is 3.63. The van der Waals surface area contributed by atoms with Crippen LogP contribution in [0.25, 0.3) is 11.2 Å². The molecule has 5 nitrogen and oxygen atoms in total. The van der Waals surface area contributed by atoms with Crippen molar-refractivity contribution in [1.82, 2.24) is 19.9 Å². The van der Waals surface area contributed by atoms with Crippen LogP contribution in [0.2, 0.25) is 5.02 Å². The highest BCUT2D eigenvalue weighted by Crippen LogP contribution is 2.33. The van der Waals surface area contributed by atoms with Gasteiger partial charge in [-0.1, -0.05) is 23.4 Å². The molecule has 0 unspecified atom stereocenters. The van der Waals surface area contributed by atoms with Crippen LogP contribution < -0.4 is 0 Å². The summed E-state index contributed by atoms with van der Waals surface area (Å²) >= 11 is 7.32. The fraction of sp³-hybridized carbons (Fsp3) is 0. The van der Waals surface area contributed by atoms with Crippen LogP contribution in [-0.2, 0) is 0 Å². The van der Waals surface area contributed by atoms with Crippen molar-refractivity contribution in [3.05, 3.63) is 41.4 Å². The average molecular weight is 288 g/mol. The van der Waals surface area contributed by atoms with E-state index in [-0.39, 0.29) is 0 Å². The molecule has 1 N–H and O–H groups in total. The van der Waals surface area contributed by atoms with Crippen molar-refractivity contribution in [1.29, 1.82) is 5.26 Å². The molecule has 0 radical (unpaired) electrons. The Bertz CT molecular complexity index is 792. The summed E-state index contributed by atoms with van der Waals surface area (Å²) in [5.74, 6) is 0. The summed E-state index contributed by atoms with van der Waals surface area (Å²) in [4.78, 5) is 16.1. The molecule has 0 aliphatic carbocycles. The minimum Gasteiger partial charge on any atom is -0.341 e. The van der Waals surface area contributed by atoms with Crippen LogP contribution in [0.4, 0.5) is 0 Å². The lowest BCUT2D eigenvalue weighted by molar-refractivity contribution is 1.08. The summed E-state index contributed by atoms with van der Waals surface area (Å²) in [5, 5.41) is 10.4. The van der Waals surface area contributed by atoms with Gasteiger partial charge in [0.1, 0.15) is 22.9 Å². The third-order valence-corrected chi connectivity index (χ3v) is 3.75. The van der Waals surface area contributed by atoms with E-state index in [1.54, 1.807) is 24.5 Å². The number of fused-ring (bicyclic) bond motifs is 1. The van der Waals surface area contributed by atoms with E-state index >= 15 is 0 Å². The first kappa shape index (κ1) is 12.0. The second-order valence-corrected chi connectivity index (χ2v) is 5.10. The third-order valence-electron chi connectivity index (χ3n) is 2.46. The molecule has 92 valence electrons. The molecule has 0 aliphatic heterocycles. The fourth-order valence-corrected chi connectivity index (χ4v) is 2.80. The maximum atomic E-state index is 9.10. The SMILES string of the molecule is N#Cc1ccc(Cl)cc1Sc1ncnc2nc[nH]c12. The van der Waals surface area contributed by atoms with Crippen LogP contribution in [0.5, 0.6) is 0 Å². The van der Waals surface area contributed by atoms with E-state index in [4.69, 9.17) is 16.9 Å². The molecule has 0 atom stereocenters. The van der Waals surface area contributed by atoms with Crippen molar-refractivity contribution in [3.63, 3.8) is 0 Å². The van der Waals surface area contributed by atoms with Gasteiger partial charge in [0.05, 0.1) is 11.9 Å². The summed E-state index contributed by atoms with van der Waals surface area (Å²) in [6.07, 6.45) is 3.01. The zero-order valence-corrected chi connectivity index (χ0v) is 11.0. The van der Waals surface area contributed by atoms with Crippen LogP contribution in [0, 0.1) is 11.3 Å². The Hall–Kier alpha value is -2.10. The third kappa shape index (κ3) is 2.26. The zero-order valence-electron chi connectivity index (χ0n) is 9.46. The molecule has 2 aromatic heterocycles. The molecule has 0 bridgehead atoms. The zero-order chi connectivity index (χ0) is 13.2. The molecule has 3 aromatic rings. The van der Waals surface area contributed by atoms with E-state index in [0.717, 1.165) is 10.4 Å². The van der Waals surface area contributed by atoms with Gasteiger partial charge in [-0.2, -0.15) is 5.26 Å². The molecule has 0 saturated heterocycles. The van der Waals surface area contributed by atoms with Crippen molar-refractivity contribution < 1.29 is 0 Å². The number of nitriles is 1. The van der Waals surface area contributed by atoms with Crippen molar-refractivity contribution in [2.24, 2.45) is 0 Å². The highest BCUT2D eigenvalue weighted by molar-refractivity contribution is 7.99. The molecule has 2 heterocycles. The summed E-state index contributed by atoms with van der Waals surface area (Å²) in [7, 11) is 0. The molecule has 3 rings (SSSR count). The van der Waals surface area contributed by atoms with E-state index in [1.165, 1.54) is 18.1 Å². The Balaban J connectivity index is 2.09. The minimum absolute atomic E-state index is 0.556. The Labute approximate surface area is 117 Å². The lowest BCUT2D eigenvalue weighted by atomic mass is 10.2. The van der Waals surface area contributed by atoms with Gasteiger partial charge in [-0.15, -0.1) is 0 Å². The number of nitrogens with zero attached hydrogens (tertiary/aromatic N) is 4. The quantitative estimate of drug-likeness (QED) is 0.733. The molecular formula is C12H6ClN5S. The van der Waals surface area contributed by atoms with Crippen LogP contribution in [0.1, 0.15) is 5.56 Å². The van der Waals surface area contributed by atoms with Crippen LogP contribution in [-0.4, -0.2) is 19.9 Å². The number of nitrogens with one attached hydrogen (secondary N) is 1. The molecule has 0 amide bonds. The van der Waals surface area contributed by atoms with Crippen molar-refractivity contribution in [2.45, 2.75) is 9.92 Å². The smallest absolute Gasteiger partial charge is 0.181 e. The Morgan fingerprint density at radius 3 is 3.00 bits per heavy atom. The van der Waals surface area contributed by atoms with E-state index in [2.05, 4.69) is 26.0 Å². The van der Waals surface area contributed by atoms with Gasteiger partial charge in [0, 0.05) is 9.92 Å². The molecule has 7 heteroatoms. The molecular weight excluding hydrogens is 282 g/mol. The predicted octanol–water partition coefficient (Wildman–Crippen LogP) is 3.03. The van der Waals surface area contributed by atoms with Gasteiger partial charge in [0.2, 0.25) is 0 Å². The maximum Gasteiger partial charge on any atom is 0.181 e. The van der Waals surface area contributed by atoms with Gasteiger partial charge in [0.25, 0.3) is 0 Å². The van der Waals surface area contributed by atoms with E-state index < -0.39 is 0 Å². The molecule has 0 saturated carbocycles. The van der Waals surface area contributed by atoms with Crippen molar-refractivity contribution in [3.8, 4) is 6.07 Å². The summed E-state index contributed by atoms with van der Waals surface area (Å²) in [6.45, 7) is 0. The monoisotopic (exact) mass is 287 g/mol. The van der Waals surface area contributed by atoms with E-state index in [1.807, 2.05) is 0 Å². The first-order valence-corrected chi connectivity index (χ1v) is 6.49. The van der Waals surface area contributed by atoms with E-state index in [9.17, 15) is 0 Å². The van der Waals surface area contributed by atoms with Gasteiger partial charge >= 0.3 is 0 Å². The first-order chi connectivity index (χ1) is 9.28. The molecule has 19 heavy (non-hydrogen) atoms. The lowest BCUT2D eigenvalue weighted by Gasteiger charge is -2.04. The molecule has 0 spiro atoms. The highest BCUT2D eigenvalue weighted by atomic mass is 35.5. The maximum absolute atomic E-state index is 9.10. The minimum atomic E-state index is 0.556. The van der Waals surface area contributed by atoms with E-state index in [0.29, 0.717) is 21.3 Å². The second kappa shape index (κ2) is 4.88. The molecule has 0 fully saturated rings. The number of imidazole rings is 1. The summed E-state index contributed by atoms with van der Waals surface area (Å²) in [6, 6.07) is 7.26. The van der Waals surface area contributed by atoms with Gasteiger partial charge in [-0.25, -0.2) is 15.0 Å². The van der Waals surface area contributed by atoms with Crippen molar-refractivity contribution >= 4 is 34.5 Å². The lowest BCUT2D eigenvalue weighted by Crippen LogP contribution is -1.87. The number of hydrogen-bond acceptors (Lipinski definition) is 5. The number of aromatic amines is 1. The fourth-order valence-electron chi connectivity index (χ4n) is 1.60. The van der Waals surface area contributed by atoms with Gasteiger partial charge in [0.15, 0.2) is 5.65 Å². The summed E-state index contributed by atoms with van der Waals surface area (Å²) < 4.78 is 0. The number of halogens is 1. The number of hydrogen-bond donors (Lipinski definition) is 1. The molecule has 0 aliphatic rings. The van der Waals surface area contributed by atoms with Gasteiger partial charge in [-0.05, 0) is 18.2 Å². The van der Waals surface area contributed by atoms with Crippen LogP contribution in [0.3, 0.4) is 0 Å². The average Bonchev–Trinajstić information content (AvgIpc) is 2.88. The van der Waals surface area contributed by atoms with Crippen molar-refractivity contribution in [2.75, 3.05) is 0 Å². The predicted molar refractivity (Wildman–Crippen MR) is 72.0 cm³/mol. The molecule has 1 aromatic carbocycles. The number of benzene rings is 1. The topological polar surface area (TPSA) is 78.2 Å². The Morgan fingerprint density at radius 2 is 2.16 bits per heavy atom. The number of H-pyrrole nitrogens is 1. The van der Waals surface area contributed by atoms with Crippen LogP contribution >= 0.6 is 23.4 Å². The number of aromatic nitrogens is 4. The van der Waals surface area contributed by atoms with Gasteiger partial charge < -0.3 is 4.98 Å². The number of rotatable bonds is 2.